The Bertz CT molecular complexity index is 761. The summed E-state index contributed by atoms with van der Waals surface area (Å²) in [6, 6.07) is 4.04. The average molecular weight is 402 g/mol. The van der Waals surface area contributed by atoms with Crippen LogP contribution in [-0.4, -0.2) is 40.5 Å². The maximum absolute atomic E-state index is 13.2. The Hall–Kier alpha value is -2.73. The van der Waals surface area contributed by atoms with E-state index in [1.165, 1.54) is 18.2 Å². The van der Waals surface area contributed by atoms with E-state index in [-0.39, 0.29) is 41.0 Å². The van der Waals surface area contributed by atoms with Gasteiger partial charge in [0.05, 0.1) is 16.7 Å². The molecule has 1 heterocycles. The van der Waals surface area contributed by atoms with E-state index in [0.29, 0.717) is 5.69 Å². The van der Waals surface area contributed by atoms with Gasteiger partial charge in [0, 0.05) is 0 Å². The van der Waals surface area contributed by atoms with Crippen molar-refractivity contribution in [2.75, 3.05) is 13.2 Å². The van der Waals surface area contributed by atoms with Crippen molar-refractivity contribution in [2.45, 2.75) is 0 Å². The number of rotatable bonds is 6. The van der Waals surface area contributed by atoms with Crippen LogP contribution in [0.4, 0.5) is 10.1 Å². The number of hydrogen-bond acceptors (Lipinski definition) is 7. The Morgan fingerprint density at radius 1 is 1.42 bits per heavy atom. The molecule has 0 spiro atoms. The SMILES string of the molecule is NC(N)=NCCOc1nonc1C(=Nc1ccc(F)c(Br)c1)NO. The number of halogens is 2. The number of aromatic nitrogens is 2. The molecule has 2 aromatic rings. The zero-order chi connectivity index (χ0) is 17.5. The number of ether oxygens (including phenoxy) is 1. The lowest BCUT2D eigenvalue weighted by atomic mass is 10.3. The first kappa shape index (κ1) is 17.6. The number of hydrogen-bond donors (Lipinski definition) is 4. The van der Waals surface area contributed by atoms with Crippen LogP contribution in [0.5, 0.6) is 5.88 Å². The van der Waals surface area contributed by atoms with Gasteiger partial charge >= 0.3 is 0 Å². The van der Waals surface area contributed by atoms with E-state index in [1.54, 1.807) is 0 Å². The van der Waals surface area contributed by atoms with Gasteiger partial charge in [-0.25, -0.2) is 14.0 Å². The third kappa shape index (κ3) is 4.63. The first-order valence-corrected chi connectivity index (χ1v) is 7.25. The van der Waals surface area contributed by atoms with Crippen molar-refractivity contribution in [3.63, 3.8) is 0 Å². The van der Waals surface area contributed by atoms with Crippen LogP contribution in [0.2, 0.25) is 0 Å². The molecule has 0 saturated heterocycles. The van der Waals surface area contributed by atoms with Gasteiger partial charge in [0.15, 0.2) is 11.8 Å². The number of benzene rings is 1. The van der Waals surface area contributed by atoms with Crippen molar-refractivity contribution in [3.8, 4) is 5.88 Å². The average Bonchev–Trinajstić information content (AvgIpc) is 3.00. The van der Waals surface area contributed by atoms with Crippen molar-refractivity contribution in [1.29, 1.82) is 0 Å². The van der Waals surface area contributed by atoms with Gasteiger partial charge in [-0.2, -0.15) is 0 Å². The van der Waals surface area contributed by atoms with Crippen molar-refractivity contribution >= 4 is 33.4 Å². The second-order valence-electron chi connectivity index (χ2n) is 4.24. The predicted octanol–water partition coefficient (Wildman–Crippen LogP) is 0.681. The highest BCUT2D eigenvalue weighted by Gasteiger charge is 2.18. The number of nitrogens with one attached hydrogen (secondary N) is 1. The minimum absolute atomic E-state index is 0.0163. The third-order valence-electron chi connectivity index (χ3n) is 2.56. The highest BCUT2D eigenvalue weighted by Crippen LogP contribution is 2.23. The molecule has 0 fully saturated rings. The zero-order valence-electron chi connectivity index (χ0n) is 12.1. The Morgan fingerprint density at radius 3 is 2.88 bits per heavy atom. The summed E-state index contributed by atoms with van der Waals surface area (Å²) in [6.45, 7) is 0.290. The maximum Gasteiger partial charge on any atom is 0.287 e. The minimum atomic E-state index is -0.445. The van der Waals surface area contributed by atoms with Gasteiger partial charge in [-0.15, -0.1) is 0 Å². The van der Waals surface area contributed by atoms with Gasteiger partial charge in [0.1, 0.15) is 12.4 Å². The van der Waals surface area contributed by atoms with Gasteiger partial charge in [-0.1, -0.05) is 0 Å². The number of aliphatic imine (C=N–C) groups is 2. The van der Waals surface area contributed by atoms with Crippen molar-refractivity contribution in [1.82, 2.24) is 15.8 Å². The number of guanidine groups is 1. The van der Waals surface area contributed by atoms with Gasteiger partial charge in [0.25, 0.3) is 5.88 Å². The molecule has 2 rings (SSSR count). The van der Waals surface area contributed by atoms with E-state index in [4.69, 9.17) is 16.2 Å². The number of hydroxylamine groups is 1. The summed E-state index contributed by atoms with van der Waals surface area (Å²) < 4.78 is 23.3. The standard InChI is InChI=1S/C12H13BrFN7O3/c13-7-5-6(1-2-8(7)14)18-10(19-22)9-11(21-24-20-9)23-4-3-17-12(15)16/h1-2,5,22H,3-4H2,(H,18,19)(H4,15,16,17). The molecule has 12 heteroatoms. The lowest BCUT2D eigenvalue weighted by Gasteiger charge is -2.04. The summed E-state index contributed by atoms with van der Waals surface area (Å²) in [7, 11) is 0. The van der Waals surface area contributed by atoms with Gasteiger partial charge in [-0.05, 0) is 44.4 Å². The lowest BCUT2D eigenvalue weighted by Crippen LogP contribution is -2.24. The Balaban J connectivity index is 2.18. The highest BCUT2D eigenvalue weighted by atomic mass is 79.9. The van der Waals surface area contributed by atoms with Crippen LogP contribution in [-0.2, 0) is 0 Å². The van der Waals surface area contributed by atoms with Gasteiger partial charge in [-0.3, -0.25) is 15.7 Å². The molecule has 128 valence electrons. The molecule has 6 N–H and O–H groups in total. The summed E-state index contributed by atoms with van der Waals surface area (Å²) in [5.41, 5.74) is 12.6. The summed E-state index contributed by atoms with van der Waals surface area (Å²) in [6.07, 6.45) is 0. The second kappa shape index (κ2) is 8.21. The van der Waals surface area contributed by atoms with Gasteiger partial charge in [0.2, 0.25) is 5.69 Å². The molecular weight excluding hydrogens is 389 g/mol. The highest BCUT2D eigenvalue weighted by molar-refractivity contribution is 9.10. The summed E-state index contributed by atoms with van der Waals surface area (Å²) in [5, 5.41) is 16.4. The monoisotopic (exact) mass is 401 g/mol. The molecule has 0 aliphatic carbocycles. The Labute approximate surface area is 143 Å². The molecule has 0 saturated carbocycles. The molecule has 1 aromatic heterocycles. The molecule has 0 bridgehead atoms. The van der Waals surface area contributed by atoms with E-state index >= 15 is 0 Å². The van der Waals surface area contributed by atoms with Crippen LogP contribution in [0.1, 0.15) is 5.69 Å². The topological polar surface area (TPSA) is 157 Å². The second-order valence-corrected chi connectivity index (χ2v) is 5.10. The molecular formula is C12H13BrFN7O3. The Kier molecular flexibility index (Phi) is 6.03. The first-order chi connectivity index (χ1) is 11.5. The summed E-state index contributed by atoms with van der Waals surface area (Å²) in [5.74, 6) is -0.647. The van der Waals surface area contributed by atoms with E-state index in [1.807, 2.05) is 5.48 Å². The zero-order valence-corrected chi connectivity index (χ0v) is 13.7. The molecule has 0 radical (unpaired) electrons. The molecule has 0 atom stereocenters. The van der Waals surface area contributed by atoms with E-state index in [0.717, 1.165) is 0 Å². The van der Waals surface area contributed by atoms with E-state index < -0.39 is 5.82 Å². The number of nitrogens with zero attached hydrogens (tertiary/aromatic N) is 4. The van der Waals surface area contributed by atoms with Crippen LogP contribution in [0.25, 0.3) is 0 Å². The van der Waals surface area contributed by atoms with Crippen molar-refractivity contribution in [2.24, 2.45) is 21.5 Å². The smallest absolute Gasteiger partial charge is 0.287 e. The van der Waals surface area contributed by atoms with Gasteiger partial charge < -0.3 is 16.2 Å². The van der Waals surface area contributed by atoms with E-state index in [9.17, 15) is 9.60 Å². The predicted molar refractivity (Wildman–Crippen MR) is 85.7 cm³/mol. The lowest BCUT2D eigenvalue weighted by molar-refractivity contribution is 0.233. The number of amidine groups is 1. The maximum atomic E-state index is 13.2. The summed E-state index contributed by atoms with van der Waals surface area (Å²) in [4.78, 5) is 7.82. The quantitative estimate of drug-likeness (QED) is 0.238. The van der Waals surface area contributed by atoms with Crippen molar-refractivity contribution in [3.05, 3.63) is 34.2 Å². The van der Waals surface area contributed by atoms with Crippen LogP contribution in [0.15, 0.2) is 37.3 Å². The molecule has 24 heavy (non-hydrogen) atoms. The van der Waals surface area contributed by atoms with Crippen LogP contribution in [0.3, 0.4) is 0 Å². The molecule has 0 unspecified atom stereocenters. The van der Waals surface area contributed by atoms with Crippen LogP contribution < -0.4 is 21.7 Å². The fourth-order valence-electron chi connectivity index (χ4n) is 1.55. The first-order valence-electron chi connectivity index (χ1n) is 6.46. The minimum Gasteiger partial charge on any atom is -0.472 e. The van der Waals surface area contributed by atoms with Crippen LogP contribution >= 0.6 is 15.9 Å². The molecule has 0 aliphatic heterocycles. The largest absolute Gasteiger partial charge is 0.472 e. The fourth-order valence-corrected chi connectivity index (χ4v) is 1.92. The summed E-state index contributed by atoms with van der Waals surface area (Å²) >= 11 is 3.04. The fraction of sp³-hybridized carbons (Fsp3) is 0.167. The van der Waals surface area contributed by atoms with E-state index in [2.05, 4.69) is 40.9 Å². The molecule has 1 aromatic carbocycles. The molecule has 10 nitrogen and oxygen atoms in total. The molecule has 0 aliphatic rings. The number of nitrogens with two attached hydrogens (primary N) is 2. The molecule has 0 amide bonds. The third-order valence-corrected chi connectivity index (χ3v) is 3.16. The van der Waals surface area contributed by atoms with Crippen LogP contribution in [0, 0.1) is 5.82 Å². The Morgan fingerprint density at radius 2 is 2.21 bits per heavy atom. The van der Waals surface area contributed by atoms with Crippen molar-refractivity contribution < 1.29 is 19.0 Å². The normalized spacial score (nSPS) is 11.2.